The lowest BCUT2D eigenvalue weighted by Gasteiger charge is -2.17. The van der Waals surface area contributed by atoms with E-state index in [1.165, 1.54) is 12.1 Å². The minimum Gasteiger partial charge on any atom is -0.337 e. The molecule has 2 aromatic rings. The molecular weight excluding hydrogens is 257 g/mol. The van der Waals surface area contributed by atoms with Gasteiger partial charge < -0.3 is 4.90 Å². The maximum absolute atomic E-state index is 13.2. The molecule has 106 valence electrons. The quantitative estimate of drug-likeness (QED) is 0.863. The van der Waals surface area contributed by atoms with E-state index in [1.807, 2.05) is 20.9 Å². The fraction of sp³-hybridized carbons (Fsp3) is 0.333. The lowest BCUT2D eigenvalue weighted by molar-refractivity contribution is 0.0783. The predicted octanol–water partition coefficient (Wildman–Crippen LogP) is 2.45. The zero-order valence-corrected chi connectivity index (χ0v) is 12.1. The molecule has 0 spiro atoms. The van der Waals surface area contributed by atoms with Gasteiger partial charge in [-0.1, -0.05) is 12.1 Å². The van der Waals surface area contributed by atoms with Crippen LogP contribution in [0.15, 0.2) is 24.3 Å². The maximum Gasteiger partial charge on any atom is 0.257 e. The third-order valence-corrected chi connectivity index (χ3v) is 3.38. The Bertz CT molecular complexity index is 649. The summed E-state index contributed by atoms with van der Waals surface area (Å²) in [5.74, 6) is -0.394. The van der Waals surface area contributed by atoms with Crippen molar-refractivity contribution in [1.29, 1.82) is 0 Å². The second-order valence-electron chi connectivity index (χ2n) is 4.96. The van der Waals surface area contributed by atoms with Crippen LogP contribution < -0.4 is 0 Å². The first-order valence-corrected chi connectivity index (χ1v) is 6.40. The van der Waals surface area contributed by atoms with Gasteiger partial charge in [0.25, 0.3) is 5.91 Å². The van der Waals surface area contributed by atoms with E-state index in [4.69, 9.17) is 0 Å². The normalized spacial score (nSPS) is 10.7. The number of carbonyl (C=O) groups is 1. The van der Waals surface area contributed by atoms with Crippen LogP contribution in [0.1, 0.15) is 27.3 Å². The Kier molecular flexibility index (Phi) is 3.88. The third kappa shape index (κ3) is 2.71. The molecule has 5 heteroatoms. The average Bonchev–Trinajstić information content (AvgIpc) is 2.62. The van der Waals surface area contributed by atoms with E-state index in [0.717, 1.165) is 11.3 Å². The highest BCUT2D eigenvalue weighted by Gasteiger charge is 2.20. The number of carbonyl (C=O) groups excluding carboxylic acids is 1. The number of rotatable bonds is 3. The van der Waals surface area contributed by atoms with E-state index >= 15 is 0 Å². The third-order valence-electron chi connectivity index (χ3n) is 3.38. The van der Waals surface area contributed by atoms with Crippen molar-refractivity contribution in [3.05, 3.63) is 52.6 Å². The summed E-state index contributed by atoms with van der Waals surface area (Å²) in [5.41, 5.74) is 2.92. The van der Waals surface area contributed by atoms with Gasteiger partial charge in [-0.2, -0.15) is 5.10 Å². The summed E-state index contributed by atoms with van der Waals surface area (Å²) in [6, 6.07) is 6.27. The highest BCUT2D eigenvalue weighted by molar-refractivity contribution is 5.96. The summed E-state index contributed by atoms with van der Waals surface area (Å²) in [7, 11) is 3.52. The molecule has 4 nitrogen and oxygen atoms in total. The first kappa shape index (κ1) is 14.2. The van der Waals surface area contributed by atoms with Gasteiger partial charge in [0, 0.05) is 26.3 Å². The summed E-state index contributed by atoms with van der Waals surface area (Å²) in [6.07, 6.45) is 0. The fourth-order valence-electron chi connectivity index (χ4n) is 2.25. The van der Waals surface area contributed by atoms with Gasteiger partial charge in [0.15, 0.2) is 0 Å². The molecule has 0 radical (unpaired) electrons. The van der Waals surface area contributed by atoms with Gasteiger partial charge in [-0.25, -0.2) is 4.39 Å². The highest BCUT2D eigenvalue weighted by Crippen LogP contribution is 2.16. The Balaban J connectivity index is 2.21. The van der Waals surface area contributed by atoms with Crippen LogP contribution in [-0.2, 0) is 13.6 Å². The molecule has 0 N–H and O–H groups in total. The lowest BCUT2D eigenvalue weighted by Crippen LogP contribution is -2.27. The monoisotopic (exact) mass is 275 g/mol. The Morgan fingerprint density at radius 1 is 1.40 bits per heavy atom. The number of hydrogen-bond donors (Lipinski definition) is 0. The molecule has 1 amide bonds. The molecule has 1 heterocycles. The smallest absolute Gasteiger partial charge is 0.257 e. The first-order valence-electron chi connectivity index (χ1n) is 6.40. The van der Waals surface area contributed by atoms with E-state index < -0.39 is 0 Å². The van der Waals surface area contributed by atoms with E-state index in [-0.39, 0.29) is 11.7 Å². The average molecular weight is 275 g/mol. The van der Waals surface area contributed by atoms with Crippen LogP contribution in [0.3, 0.4) is 0 Å². The number of halogens is 1. The van der Waals surface area contributed by atoms with Gasteiger partial charge in [0.2, 0.25) is 0 Å². The minimum absolute atomic E-state index is 0.0997. The summed E-state index contributed by atoms with van der Waals surface area (Å²) >= 11 is 0. The van der Waals surface area contributed by atoms with Crippen molar-refractivity contribution >= 4 is 5.91 Å². The van der Waals surface area contributed by atoms with E-state index in [0.29, 0.717) is 17.8 Å². The van der Waals surface area contributed by atoms with Gasteiger partial charge in [-0.05, 0) is 31.5 Å². The Labute approximate surface area is 117 Å². The molecule has 0 aliphatic heterocycles. The number of nitrogens with zero attached hydrogens (tertiary/aromatic N) is 3. The summed E-state index contributed by atoms with van der Waals surface area (Å²) in [5, 5.41) is 4.24. The zero-order chi connectivity index (χ0) is 14.9. The molecule has 0 saturated carbocycles. The van der Waals surface area contributed by atoms with Crippen molar-refractivity contribution in [2.45, 2.75) is 20.4 Å². The van der Waals surface area contributed by atoms with Crippen LogP contribution in [0.2, 0.25) is 0 Å². The van der Waals surface area contributed by atoms with Crippen LogP contribution in [-0.4, -0.2) is 27.6 Å². The van der Waals surface area contributed by atoms with Gasteiger partial charge in [0.05, 0.1) is 11.3 Å². The molecule has 1 aromatic heterocycles. The van der Waals surface area contributed by atoms with Crippen LogP contribution in [0.4, 0.5) is 4.39 Å². The number of aromatic nitrogens is 2. The number of benzene rings is 1. The second-order valence-corrected chi connectivity index (χ2v) is 4.96. The summed E-state index contributed by atoms with van der Waals surface area (Å²) in [4.78, 5) is 14.0. The largest absolute Gasteiger partial charge is 0.337 e. The van der Waals surface area contributed by atoms with Crippen molar-refractivity contribution < 1.29 is 9.18 Å². The first-order chi connectivity index (χ1) is 9.40. The summed E-state index contributed by atoms with van der Waals surface area (Å²) in [6.45, 7) is 4.05. The molecule has 0 aliphatic carbocycles. The molecule has 0 fully saturated rings. The fourth-order valence-corrected chi connectivity index (χ4v) is 2.25. The maximum atomic E-state index is 13.2. The van der Waals surface area contributed by atoms with Gasteiger partial charge in [0.1, 0.15) is 5.82 Å². The SMILES string of the molecule is Cc1nn(C)c(C)c1C(=O)N(C)Cc1cccc(F)c1. The summed E-state index contributed by atoms with van der Waals surface area (Å²) < 4.78 is 14.8. The van der Waals surface area contributed by atoms with Crippen LogP contribution in [0.5, 0.6) is 0 Å². The van der Waals surface area contributed by atoms with Gasteiger partial charge in [-0.3, -0.25) is 9.48 Å². The van der Waals surface area contributed by atoms with E-state index in [9.17, 15) is 9.18 Å². The minimum atomic E-state index is -0.294. The molecule has 0 aliphatic rings. The molecule has 0 unspecified atom stereocenters. The van der Waals surface area contributed by atoms with Crippen molar-refractivity contribution in [3.63, 3.8) is 0 Å². The number of hydrogen-bond acceptors (Lipinski definition) is 2. The van der Waals surface area contributed by atoms with Crippen LogP contribution in [0, 0.1) is 19.7 Å². The van der Waals surface area contributed by atoms with Crippen molar-refractivity contribution in [2.24, 2.45) is 7.05 Å². The molecule has 0 bridgehead atoms. The molecule has 20 heavy (non-hydrogen) atoms. The van der Waals surface area contributed by atoms with Crippen molar-refractivity contribution in [3.8, 4) is 0 Å². The van der Waals surface area contributed by atoms with Crippen molar-refractivity contribution in [1.82, 2.24) is 14.7 Å². The molecule has 0 saturated heterocycles. The number of amides is 1. The lowest BCUT2D eigenvalue weighted by atomic mass is 10.1. The Hall–Kier alpha value is -2.17. The zero-order valence-electron chi connectivity index (χ0n) is 12.1. The second kappa shape index (κ2) is 5.45. The van der Waals surface area contributed by atoms with Crippen LogP contribution >= 0.6 is 0 Å². The Morgan fingerprint density at radius 3 is 2.65 bits per heavy atom. The Morgan fingerprint density at radius 2 is 2.10 bits per heavy atom. The van der Waals surface area contributed by atoms with E-state index in [1.54, 1.807) is 28.8 Å². The standard InChI is InChI=1S/C15H18FN3O/c1-10-14(11(2)19(4)17-10)15(20)18(3)9-12-6-5-7-13(16)8-12/h5-8H,9H2,1-4H3. The molecule has 0 atom stereocenters. The number of aryl methyl sites for hydroxylation is 2. The van der Waals surface area contributed by atoms with Crippen LogP contribution in [0.25, 0.3) is 0 Å². The molecule has 1 aromatic carbocycles. The highest BCUT2D eigenvalue weighted by atomic mass is 19.1. The van der Waals surface area contributed by atoms with Crippen molar-refractivity contribution in [2.75, 3.05) is 7.05 Å². The van der Waals surface area contributed by atoms with Gasteiger partial charge in [-0.15, -0.1) is 0 Å². The van der Waals surface area contributed by atoms with Gasteiger partial charge >= 0.3 is 0 Å². The topological polar surface area (TPSA) is 38.1 Å². The van der Waals surface area contributed by atoms with E-state index in [2.05, 4.69) is 5.10 Å². The predicted molar refractivity (Wildman–Crippen MR) is 74.9 cm³/mol. The molecule has 2 rings (SSSR count). The molecular formula is C15H18FN3O.